The van der Waals surface area contributed by atoms with Gasteiger partial charge < -0.3 is 5.11 Å². The number of aliphatic hydroxyl groups is 1. The van der Waals surface area contributed by atoms with E-state index >= 15 is 0 Å². The van der Waals surface area contributed by atoms with E-state index in [0.717, 1.165) is 13.0 Å². The summed E-state index contributed by atoms with van der Waals surface area (Å²) in [4.78, 5) is 0. The first-order chi connectivity index (χ1) is 4.48. The standard InChI is InChI=1S/C6H9F3O/c1-5(3-2-4-10)6(7,8)9/h3,10H,2,4H2,1H3. The third-order valence-electron chi connectivity index (χ3n) is 1.03. The van der Waals surface area contributed by atoms with Gasteiger partial charge in [-0.05, 0) is 13.3 Å². The van der Waals surface area contributed by atoms with Gasteiger partial charge in [-0.3, -0.25) is 0 Å². The van der Waals surface area contributed by atoms with Crippen molar-refractivity contribution < 1.29 is 18.3 Å². The van der Waals surface area contributed by atoms with Crippen LogP contribution in [0.2, 0.25) is 0 Å². The first-order valence-electron chi connectivity index (χ1n) is 2.83. The third-order valence-corrected chi connectivity index (χ3v) is 1.03. The first-order valence-corrected chi connectivity index (χ1v) is 2.83. The number of rotatable bonds is 2. The molecule has 0 atom stereocenters. The van der Waals surface area contributed by atoms with Gasteiger partial charge in [-0.15, -0.1) is 0 Å². The molecular formula is C6H9F3O. The van der Waals surface area contributed by atoms with Crippen LogP contribution >= 0.6 is 0 Å². The summed E-state index contributed by atoms with van der Waals surface area (Å²) >= 11 is 0. The van der Waals surface area contributed by atoms with Crippen LogP contribution in [0, 0.1) is 0 Å². The van der Waals surface area contributed by atoms with Gasteiger partial charge in [-0.1, -0.05) is 6.08 Å². The maximum absolute atomic E-state index is 11.6. The second kappa shape index (κ2) is 3.61. The number of halogens is 3. The number of aliphatic hydroxyl groups excluding tert-OH is 1. The van der Waals surface area contributed by atoms with Gasteiger partial charge in [0.2, 0.25) is 0 Å². The lowest BCUT2D eigenvalue weighted by atomic mass is 10.2. The van der Waals surface area contributed by atoms with E-state index in [2.05, 4.69) is 0 Å². The van der Waals surface area contributed by atoms with Crippen LogP contribution < -0.4 is 0 Å². The van der Waals surface area contributed by atoms with E-state index in [1.54, 1.807) is 0 Å². The molecule has 10 heavy (non-hydrogen) atoms. The molecule has 0 spiro atoms. The maximum Gasteiger partial charge on any atom is 0.412 e. The molecule has 60 valence electrons. The lowest BCUT2D eigenvalue weighted by Crippen LogP contribution is -2.08. The van der Waals surface area contributed by atoms with Crippen molar-refractivity contribution in [2.75, 3.05) is 6.61 Å². The summed E-state index contributed by atoms with van der Waals surface area (Å²) in [7, 11) is 0. The largest absolute Gasteiger partial charge is 0.412 e. The molecule has 0 saturated carbocycles. The van der Waals surface area contributed by atoms with Crippen molar-refractivity contribution in [3.8, 4) is 0 Å². The van der Waals surface area contributed by atoms with Gasteiger partial charge in [-0.2, -0.15) is 13.2 Å². The summed E-state index contributed by atoms with van der Waals surface area (Å²) < 4.78 is 34.9. The van der Waals surface area contributed by atoms with Crippen molar-refractivity contribution in [1.82, 2.24) is 0 Å². The van der Waals surface area contributed by atoms with E-state index in [-0.39, 0.29) is 13.0 Å². The molecular weight excluding hydrogens is 145 g/mol. The lowest BCUT2D eigenvalue weighted by molar-refractivity contribution is -0.0916. The molecule has 0 radical (unpaired) electrons. The lowest BCUT2D eigenvalue weighted by Gasteiger charge is -2.04. The Morgan fingerprint density at radius 1 is 1.50 bits per heavy atom. The Morgan fingerprint density at radius 3 is 2.30 bits per heavy atom. The maximum atomic E-state index is 11.6. The van der Waals surface area contributed by atoms with Gasteiger partial charge in [0, 0.05) is 12.2 Å². The van der Waals surface area contributed by atoms with Crippen molar-refractivity contribution in [1.29, 1.82) is 0 Å². The Labute approximate surface area is 57.2 Å². The average Bonchev–Trinajstić information content (AvgIpc) is 1.80. The molecule has 0 aromatic rings. The zero-order valence-corrected chi connectivity index (χ0v) is 5.57. The van der Waals surface area contributed by atoms with Crippen molar-refractivity contribution >= 4 is 0 Å². The molecule has 1 nitrogen and oxygen atoms in total. The molecule has 0 heterocycles. The summed E-state index contributed by atoms with van der Waals surface area (Å²) in [6, 6.07) is 0. The Morgan fingerprint density at radius 2 is 2.00 bits per heavy atom. The van der Waals surface area contributed by atoms with Crippen LogP contribution in [-0.2, 0) is 0 Å². The molecule has 0 aromatic carbocycles. The van der Waals surface area contributed by atoms with Crippen molar-refractivity contribution in [3.05, 3.63) is 11.6 Å². The van der Waals surface area contributed by atoms with Crippen LogP contribution in [0.15, 0.2) is 11.6 Å². The summed E-state index contributed by atoms with van der Waals surface area (Å²) in [6.45, 7) is 0.739. The number of hydrogen-bond acceptors (Lipinski definition) is 1. The fourth-order valence-electron chi connectivity index (χ4n) is 0.397. The molecule has 1 N–H and O–H groups in total. The summed E-state index contributed by atoms with van der Waals surface area (Å²) in [6.07, 6.45) is -3.21. The Balaban J connectivity index is 3.93. The van der Waals surface area contributed by atoms with Crippen molar-refractivity contribution in [2.45, 2.75) is 19.5 Å². The minimum atomic E-state index is -4.24. The fraction of sp³-hybridized carbons (Fsp3) is 0.667. The molecule has 0 fully saturated rings. The van der Waals surface area contributed by atoms with E-state index in [4.69, 9.17) is 5.11 Å². The highest BCUT2D eigenvalue weighted by Crippen LogP contribution is 2.24. The molecule has 0 bridgehead atoms. The predicted octanol–water partition coefficient (Wildman–Crippen LogP) is 1.88. The Hall–Kier alpha value is -0.510. The zero-order chi connectivity index (χ0) is 8.20. The van der Waals surface area contributed by atoms with Gasteiger partial charge in [0.15, 0.2) is 0 Å². The highest BCUT2D eigenvalue weighted by molar-refractivity contribution is 5.04. The van der Waals surface area contributed by atoms with E-state index in [1.165, 1.54) is 0 Å². The predicted molar refractivity (Wildman–Crippen MR) is 31.5 cm³/mol. The van der Waals surface area contributed by atoms with Gasteiger partial charge in [0.25, 0.3) is 0 Å². The van der Waals surface area contributed by atoms with E-state index in [1.807, 2.05) is 0 Å². The zero-order valence-electron chi connectivity index (χ0n) is 5.57. The van der Waals surface area contributed by atoms with Crippen molar-refractivity contribution in [2.24, 2.45) is 0 Å². The monoisotopic (exact) mass is 154 g/mol. The third kappa shape index (κ3) is 3.50. The SMILES string of the molecule is CC(=CCCO)C(F)(F)F. The van der Waals surface area contributed by atoms with Gasteiger partial charge >= 0.3 is 6.18 Å². The van der Waals surface area contributed by atoms with Crippen LogP contribution in [0.5, 0.6) is 0 Å². The first kappa shape index (κ1) is 9.49. The highest BCUT2D eigenvalue weighted by atomic mass is 19.4. The summed E-state index contributed by atoms with van der Waals surface area (Å²) in [5.74, 6) is 0. The fourth-order valence-corrected chi connectivity index (χ4v) is 0.397. The number of hydrogen-bond donors (Lipinski definition) is 1. The van der Waals surface area contributed by atoms with Gasteiger partial charge in [-0.25, -0.2) is 0 Å². The number of alkyl halides is 3. The topological polar surface area (TPSA) is 20.2 Å². The van der Waals surface area contributed by atoms with Crippen LogP contribution in [0.25, 0.3) is 0 Å². The molecule has 4 heteroatoms. The van der Waals surface area contributed by atoms with Crippen LogP contribution in [-0.4, -0.2) is 17.9 Å². The second-order valence-corrected chi connectivity index (χ2v) is 1.90. The van der Waals surface area contributed by atoms with E-state index < -0.39 is 11.7 Å². The highest BCUT2D eigenvalue weighted by Gasteiger charge is 2.29. The van der Waals surface area contributed by atoms with Gasteiger partial charge in [0.1, 0.15) is 0 Å². The molecule has 0 rings (SSSR count). The quantitative estimate of drug-likeness (QED) is 0.602. The second-order valence-electron chi connectivity index (χ2n) is 1.90. The average molecular weight is 154 g/mol. The minimum absolute atomic E-state index is 0.0609. The smallest absolute Gasteiger partial charge is 0.396 e. The number of allylic oxidation sites excluding steroid dienone is 1. The Kier molecular flexibility index (Phi) is 3.42. The minimum Gasteiger partial charge on any atom is -0.396 e. The summed E-state index contributed by atoms with van der Waals surface area (Å²) in [5, 5.41) is 8.17. The normalized spacial score (nSPS) is 13.9. The molecule has 0 aliphatic heterocycles. The Bertz CT molecular complexity index is 125. The van der Waals surface area contributed by atoms with E-state index in [0.29, 0.717) is 0 Å². The molecule has 0 aliphatic rings. The molecule has 0 amide bonds. The summed E-state index contributed by atoms with van der Waals surface area (Å²) in [5.41, 5.74) is -0.651. The van der Waals surface area contributed by atoms with Crippen LogP contribution in [0.4, 0.5) is 13.2 Å². The molecule has 0 saturated heterocycles. The molecule has 0 aliphatic carbocycles. The van der Waals surface area contributed by atoms with E-state index in [9.17, 15) is 13.2 Å². The van der Waals surface area contributed by atoms with Gasteiger partial charge in [0.05, 0.1) is 0 Å². The van der Waals surface area contributed by atoms with Crippen molar-refractivity contribution in [3.63, 3.8) is 0 Å². The molecule has 0 aromatic heterocycles. The van der Waals surface area contributed by atoms with Crippen LogP contribution in [0.3, 0.4) is 0 Å². The molecule has 0 unspecified atom stereocenters. The van der Waals surface area contributed by atoms with Crippen LogP contribution in [0.1, 0.15) is 13.3 Å².